The summed E-state index contributed by atoms with van der Waals surface area (Å²) in [6.07, 6.45) is 4.09. The van der Waals surface area contributed by atoms with E-state index in [-0.39, 0.29) is 17.3 Å². The monoisotopic (exact) mass is 447 g/mol. The second-order valence-corrected chi connectivity index (χ2v) is 12.0. The molecule has 9 atom stereocenters. The molecule has 0 aromatic heterocycles. The number of ether oxygens (including phenoxy) is 2. The molecule has 0 aromatic rings. The number of hydrogen-bond acceptors (Lipinski definition) is 7. The highest BCUT2D eigenvalue weighted by Crippen LogP contribution is 2.73. The third-order valence-corrected chi connectivity index (χ3v) is 9.68. The van der Waals surface area contributed by atoms with Gasteiger partial charge in [0.1, 0.15) is 11.7 Å². The Bertz CT molecular complexity index is 869. The number of hydrogen-bond donors (Lipinski definition) is 4. The Balaban J connectivity index is 1.73. The van der Waals surface area contributed by atoms with Crippen LogP contribution in [-0.2, 0) is 9.47 Å². The maximum Gasteiger partial charge on any atom is 0.164 e. The van der Waals surface area contributed by atoms with Crippen LogP contribution in [0.2, 0.25) is 0 Å². The van der Waals surface area contributed by atoms with Crippen molar-refractivity contribution >= 4 is 0 Å². The van der Waals surface area contributed by atoms with Crippen LogP contribution in [0.15, 0.2) is 23.3 Å². The molecule has 0 aromatic carbocycles. The number of nitrogens with zero attached hydrogens (tertiary/aromatic N) is 1. The molecule has 0 radical (unpaired) electrons. The van der Waals surface area contributed by atoms with Gasteiger partial charge in [0.05, 0.1) is 24.2 Å². The zero-order valence-corrected chi connectivity index (χ0v) is 20.8. The van der Waals surface area contributed by atoms with Crippen molar-refractivity contribution in [3.63, 3.8) is 0 Å². The van der Waals surface area contributed by atoms with Gasteiger partial charge < -0.3 is 19.7 Å². The predicted molar refractivity (Wildman–Crippen MR) is 122 cm³/mol. The molecule has 1 spiro atoms. The van der Waals surface area contributed by atoms with Gasteiger partial charge in [0.2, 0.25) is 0 Å². The lowest BCUT2D eigenvalue weighted by Crippen LogP contribution is -2.72. The summed E-state index contributed by atoms with van der Waals surface area (Å²) >= 11 is 0. The lowest BCUT2D eigenvalue weighted by atomic mass is 9.57. The molecule has 7 heteroatoms. The molecule has 0 amide bonds. The van der Waals surface area contributed by atoms with E-state index in [4.69, 9.17) is 9.47 Å². The SMILES string of the molecule is CNN(C)N[C@H]1C(C)=C[C@]23C(O)[C@@H](C=C4COC(C)(C)O[C@H]4[C@]12O)[C@H]1[C@@H](C[C@H]3C)C1(C)C. The van der Waals surface area contributed by atoms with Crippen molar-refractivity contribution in [2.75, 3.05) is 20.7 Å². The summed E-state index contributed by atoms with van der Waals surface area (Å²) < 4.78 is 12.6. The van der Waals surface area contributed by atoms with Crippen molar-refractivity contribution < 1.29 is 19.7 Å². The third-order valence-electron chi connectivity index (χ3n) is 9.68. The normalized spacial score (nSPS) is 50.4. The minimum Gasteiger partial charge on any atom is -0.391 e. The smallest absolute Gasteiger partial charge is 0.164 e. The van der Waals surface area contributed by atoms with Gasteiger partial charge in [-0.25, -0.2) is 10.9 Å². The topological polar surface area (TPSA) is 86.2 Å². The van der Waals surface area contributed by atoms with Crippen molar-refractivity contribution in [1.29, 1.82) is 0 Å². The number of nitrogens with one attached hydrogen (secondary N) is 2. The minimum absolute atomic E-state index is 0.0373. The first-order valence-corrected chi connectivity index (χ1v) is 12.1. The van der Waals surface area contributed by atoms with E-state index in [9.17, 15) is 10.2 Å². The summed E-state index contributed by atoms with van der Waals surface area (Å²) in [5.41, 5.74) is 6.51. The van der Waals surface area contributed by atoms with E-state index in [0.717, 1.165) is 17.6 Å². The molecule has 1 saturated heterocycles. The summed E-state index contributed by atoms with van der Waals surface area (Å²) in [7, 11) is 3.72. The van der Waals surface area contributed by atoms with Crippen LogP contribution in [-0.4, -0.2) is 65.7 Å². The van der Waals surface area contributed by atoms with Gasteiger partial charge in [-0.2, -0.15) is 5.12 Å². The zero-order valence-electron chi connectivity index (χ0n) is 20.8. The van der Waals surface area contributed by atoms with Crippen molar-refractivity contribution in [2.24, 2.45) is 34.5 Å². The molecule has 1 heterocycles. The number of aliphatic hydroxyl groups is 2. The highest BCUT2D eigenvalue weighted by molar-refractivity contribution is 5.44. The van der Waals surface area contributed by atoms with Gasteiger partial charge in [-0.05, 0) is 55.9 Å². The van der Waals surface area contributed by atoms with Gasteiger partial charge in [0, 0.05) is 20.0 Å². The first-order valence-electron chi connectivity index (χ1n) is 12.1. The number of fused-ring (bicyclic) bond motifs is 5. The Labute approximate surface area is 192 Å². The molecule has 3 fully saturated rings. The highest BCUT2D eigenvalue weighted by Gasteiger charge is 2.76. The van der Waals surface area contributed by atoms with E-state index in [0.29, 0.717) is 18.4 Å². The van der Waals surface area contributed by atoms with Crippen molar-refractivity contribution in [2.45, 2.75) is 77.6 Å². The fourth-order valence-electron chi connectivity index (χ4n) is 7.93. The average Bonchev–Trinajstić information content (AvgIpc) is 3.20. The molecular weight excluding hydrogens is 406 g/mol. The maximum atomic E-state index is 12.9. The standard InChI is InChI=1S/C25H41N3O4/c1-13-11-24-14(2)9-17-18(22(17,3)4)16(20(24)29)10-15-12-31-23(5,6)32-21(15)25(24,30)19(13)27-28(8)26-7/h10-11,14,16-21,26-27,29-30H,9,12H2,1-8H3/t14-,16+,17-,18+,19+,20?,21-,24+,25-/m1/s1. The first kappa shape index (κ1) is 23.0. The van der Waals surface area contributed by atoms with Gasteiger partial charge in [-0.1, -0.05) is 38.5 Å². The molecule has 1 unspecified atom stereocenters. The summed E-state index contributed by atoms with van der Waals surface area (Å²) in [4.78, 5) is 0. The lowest BCUT2D eigenvalue weighted by molar-refractivity contribution is -0.305. The van der Waals surface area contributed by atoms with E-state index >= 15 is 0 Å². The number of hydrazine groups is 2. The van der Waals surface area contributed by atoms with Crippen LogP contribution in [0.1, 0.15) is 48.0 Å². The second kappa shape index (κ2) is 6.87. The molecule has 2 bridgehead atoms. The summed E-state index contributed by atoms with van der Waals surface area (Å²) in [5, 5.41) is 26.9. The van der Waals surface area contributed by atoms with Gasteiger partial charge in [-0.3, -0.25) is 0 Å². The molecule has 32 heavy (non-hydrogen) atoms. The van der Waals surface area contributed by atoms with E-state index in [2.05, 4.69) is 50.7 Å². The van der Waals surface area contributed by atoms with Crippen LogP contribution < -0.4 is 10.9 Å². The van der Waals surface area contributed by atoms with Gasteiger partial charge in [0.15, 0.2) is 5.79 Å². The lowest BCUT2D eigenvalue weighted by Gasteiger charge is -2.56. The number of aliphatic hydroxyl groups excluding tert-OH is 1. The van der Waals surface area contributed by atoms with Crippen LogP contribution in [0.25, 0.3) is 0 Å². The highest BCUT2D eigenvalue weighted by atomic mass is 16.7. The van der Waals surface area contributed by atoms with Crippen LogP contribution in [0.5, 0.6) is 0 Å². The second-order valence-electron chi connectivity index (χ2n) is 12.0. The molecule has 180 valence electrons. The molecule has 5 aliphatic rings. The summed E-state index contributed by atoms with van der Waals surface area (Å²) in [6, 6.07) is -0.416. The summed E-state index contributed by atoms with van der Waals surface area (Å²) in [5.74, 6) is 0.163. The Morgan fingerprint density at radius 2 is 1.91 bits per heavy atom. The Morgan fingerprint density at radius 1 is 1.22 bits per heavy atom. The van der Waals surface area contributed by atoms with Crippen molar-refractivity contribution in [1.82, 2.24) is 16.0 Å². The molecule has 7 nitrogen and oxygen atoms in total. The molecule has 2 saturated carbocycles. The van der Waals surface area contributed by atoms with Crippen LogP contribution in [0, 0.1) is 34.5 Å². The van der Waals surface area contributed by atoms with Crippen molar-refractivity contribution in [3.8, 4) is 0 Å². The van der Waals surface area contributed by atoms with E-state index in [1.54, 1.807) is 5.12 Å². The molecule has 1 aliphatic heterocycles. The molecule has 4 aliphatic carbocycles. The van der Waals surface area contributed by atoms with Crippen LogP contribution in [0.4, 0.5) is 0 Å². The molecule has 4 N–H and O–H groups in total. The Kier molecular flexibility index (Phi) is 4.93. The largest absolute Gasteiger partial charge is 0.391 e. The maximum absolute atomic E-state index is 12.9. The Morgan fingerprint density at radius 3 is 2.56 bits per heavy atom. The van der Waals surface area contributed by atoms with E-state index < -0.39 is 35.1 Å². The summed E-state index contributed by atoms with van der Waals surface area (Å²) in [6.45, 7) is 13.1. The quantitative estimate of drug-likeness (QED) is 0.389. The molecular formula is C25H41N3O4. The van der Waals surface area contributed by atoms with Crippen LogP contribution >= 0.6 is 0 Å². The van der Waals surface area contributed by atoms with E-state index in [1.807, 2.05) is 27.9 Å². The fraction of sp³-hybridized carbons (Fsp3) is 0.840. The third kappa shape index (κ3) is 2.73. The van der Waals surface area contributed by atoms with Crippen LogP contribution in [0.3, 0.4) is 0 Å². The Hall–Kier alpha value is -0.800. The van der Waals surface area contributed by atoms with Crippen molar-refractivity contribution in [3.05, 3.63) is 23.3 Å². The number of rotatable bonds is 3. The van der Waals surface area contributed by atoms with Gasteiger partial charge in [-0.15, -0.1) is 0 Å². The fourth-order valence-corrected chi connectivity index (χ4v) is 7.93. The zero-order chi connectivity index (χ0) is 23.4. The van der Waals surface area contributed by atoms with E-state index in [1.165, 1.54) is 0 Å². The average molecular weight is 448 g/mol. The molecule has 5 rings (SSSR count). The van der Waals surface area contributed by atoms with Gasteiger partial charge >= 0.3 is 0 Å². The predicted octanol–water partition coefficient (Wildman–Crippen LogP) is 1.98. The minimum atomic E-state index is -1.37. The van der Waals surface area contributed by atoms with Gasteiger partial charge in [0.25, 0.3) is 0 Å². The first-order chi connectivity index (χ1) is 14.8.